The molecule has 1 rings (SSSR count). The Hall–Kier alpha value is -1.13. The molecule has 0 amide bonds. The van der Waals surface area contributed by atoms with Crippen molar-refractivity contribution in [1.82, 2.24) is 0 Å². The van der Waals surface area contributed by atoms with Crippen LogP contribution in [0, 0.1) is 5.82 Å². The third kappa shape index (κ3) is 2.43. The second-order valence-corrected chi connectivity index (χ2v) is 3.25. The highest BCUT2D eigenvalue weighted by Gasteiger charge is 2.17. The fourth-order valence-electron chi connectivity index (χ4n) is 1.16. The van der Waals surface area contributed by atoms with Gasteiger partial charge in [-0.2, -0.15) is 0 Å². The van der Waals surface area contributed by atoms with E-state index in [1.807, 2.05) is 0 Å². The Morgan fingerprint density at radius 3 is 2.79 bits per heavy atom. The Morgan fingerprint density at radius 2 is 2.29 bits per heavy atom. The van der Waals surface area contributed by atoms with Gasteiger partial charge in [0.15, 0.2) is 0 Å². The number of hydrogen-bond donors (Lipinski definition) is 2. The number of halogens is 2. The van der Waals surface area contributed by atoms with Crippen molar-refractivity contribution >= 4 is 17.6 Å². The average Bonchev–Trinajstić information content (AvgIpc) is 2.01. The van der Waals surface area contributed by atoms with Crippen LogP contribution in [0.25, 0.3) is 0 Å². The maximum atomic E-state index is 13.2. The number of rotatable bonds is 3. The third-order valence-corrected chi connectivity index (χ3v) is 2.09. The van der Waals surface area contributed by atoms with E-state index >= 15 is 0 Å². The molecule has 1 aromatic carbocycles. The lowest BCUT2D eigenvalue weighted by Gasteiger charge is -2.11. The van der Waals surface area contributed by atoms with Crippen LogP contribution in [0.1, 0.15) is 18.0 Å². The molecule has 0 saturated carbocycles. The molecule has 1 atom stereocenters. The molecule has 3 nitrogen and oxygen atoms in total. The van der Waals surface area contributed by atoms with Gasteiger partial charge in [-0.05, 0) is 12.1 Å². The first-order chi connectivity index (χ1) is 6.52. The summed E-state index contributed by atoms with van der Waals surface area (Å²) >= 11 is 5.69. The standard InChI is InChI=1S/C9H9ClFNO2/c10-5-2-1-3-6(11)9(5)7(12)4-8(13)14/h1-3,7H,4,12H2,(H,13,14). The summed E-state index contributed by atoms with van der Waals surface area (Å²) < 4.78 is 13.2. The third-order valence-electron chi connectivity index (χ3n) is 1.77. The molecule has 1 unspecified atom stereocenters. The van der Waals surface area contributed by atoms with Crippen molar-refractivity contribution in [2.24, 2.45) is 5.73 Å². The van der Waals surface area contributed by atoms with Crippen LogP contribution < -0.4 is 5.73 Å². The number of carboxylic acids is 1. The first-order valence-corrected chi connectivity index (χ1v) is 4.31. The van der Waals surface area contributed by atoms with Gasteiger partial charge in [0.05, 0.1) is 6.42 Å². The van der Waals surface area contributed by atoms with Crippen molar-refractivity contribution in [3.63, 3.8) is 0 Å². The summed E-state index contributed by atoms with van der Waals surface area (Å²) in [4.78, 5) is 10.4. The van der Waals surface area contributed by atoms with E-state index in [0.29, 0.717) is 0 Å². The van der Waals surface area contributed by atoms with Gasteiger partial charge in [-0.15, -0.1) is 0 Å². The summed E-state index contributed by atoms with van der Waals surface area (Å²) in [6, 6.07) is 3.19. The lowest BCUT2D eigenvalue weighted by atomic mass is 10.0. The molecule has 0 saturated heterocycles. The zero-order chi connectivity index (χ0) is 10.7. The molecule has 0 spiro atoms. The minimum atomic E-state index is -1.09. The fourth-order valence-corrected chi connectivity index (χ4v) is 1.46. The van der Waals surface area contributed by atoms with Crippen LogP contribution in [-0.4, -0.2) is 11.1 Å². The van der Waals surface area contributed by atoms with Gasteiger partial charge in [-0.1, -0.05) is 17.7 Å². The summed E-state index contributed by atoms with van der Waals surface area (Å²) in [6.07, 6.45) is -0.347. The highest BCUT2D eigenvalue weighted by molar-refractivity contribution is 6.31. The summed E-state index contributed by atoms with van der Waals surface area (Å²) in [5, 5.41) is 8.63. The highest BCUT2D eigenvalue weighted by Crippen LogP contribution is 2.26. The Labute approximate surface area is 85.3 Å². The molecule has 0 heterocycles. The lowest BCUT2D eigenvalue weighted by molar-refractivity contribution is -0.137. The van der Waals surface area contributed by atoms with Gasteiger partial charge in [0.1, 0.15) is 5.82 Å². The quantitative estimate of drug-likeness (QED) is 0.814. The van der Waals surface area contributed by atoms with Crippen LogP contribution in [0.5, 0.6) is 0 Å². The first kappa shape index (κ1) is 10.9. The molecule has 0 aliphatic carbocycles. The molecule has 0 aliphatic heterocycles. The summed E-state index contributed by atoms with van der Waals surface area (Å²) in [6.45, 7) is 0. The first-order valence-electron chi connectivity index (χ1n) is 3.93. The number of aliphatic carboxylic acids is 1. The normalized spacial score (nSPS) is 12.5. The van der Waals surface area contributed by atoms with E-state index in [1.165, 1.54) is 18.2 Å². The topological polar surface area (TPSA) is 63.3 Å². The van der Waals surface area contributed by atoms with E-state index < -0.39 is 17.8 Å². The number of carboxylic acid groups (broad SMARTS) is 1. The second kappa shape index (κ2) is 4.39. The molecule has 0 aliphatic rings. The van der Waals surface area contributed by atoms with Crippen LogP contribution in [-0.2, 0) is 4.79 Å². The van der Waals surface area contributed by atoms with E-state index in [0.717, 1.165) is 0 Å². The van der Waals surface area contributed by atoms with Crippen LogP contribution in [0.4, 0.5) is 4.39 Å². The molecule has 0 fully saturated rings. The number of hydrogen-bond acceptors (Lipinski definition) is 2. The van der Waals surface area contributed by atoms with Gasteiger partial charge in [0, 0.05) is 16.6 Å². The molecular weight excluding hydrogens is 209 g/mol. The summed E-state index contributed by atoms with van der Waals surface area (Å²) in [5.74, 6) is -1.66. The number of carbonyl (C=O) groups is 1. The molecule has 0 radical (unpaired) electrons. The van der Waals surface area contributed by atoms with Gasteiger partial charge in [0.2, 0.25) is 0 Å². The van der Waals surface area contributed by atoms with Crippen LogP contribution in [0.15, 0.2) is 18.2 Å². The van der Waals surface area contributed by atoms with Gasteiger partial charge in [0.25, 0.3) is 0 Å². The predicted octanol–water partition coefficient (Wildman–Crippen LogP) is 1.95. The van der Waals surface area contributed by atoms with Gasteiger partial charge in [-0.25, -0.2) is 4.39 Å². The summed E-state index contributed by atoms with van der Waals surface area (Å²) in [5.41, 5.74) is 5.54. The predicted molar refractivity (Wildman–Crippen MR) is 50.6 cm³/mol. The van der Waals surface area contributed by atoms with Crippen molar-refractivity contribution in [2.75, 3.05) is 0 Å². The van der Waals surface area contributed by atoms with Crippen molar-refractivity contribution in [3.8, 4) is 0 Å². The molecule has 1 aromatic rings. The van der Waals surface area contributed by atoms with Crippen molar-refractivity contribution < 1.29 is 14.3 Å². The zero-order valence-electron chi connectivity index (χ0n) is 7.21. The Balaban J connectivity index is 2.99. The zero-order valence-corrected chi connectivity index (χ0v) is 7.96. The Bertz CT molecular complexity index is 336. The average molecular weight is 218 g/mol. The van der Waals surface area contributed by atoms with Crippen LogP contribution in [0.3, 0.4) is 0 Å². The van der Waals surface area contributed by atoms with E-state index in [2.05, 4.69) is 0 Å². The Morgan fingerprint density at radius 1 is 1.64 bits per heavy atom. The maximum absolute atomic E-state index is 13.2. The van der Waals surface area contributed by atoms with Gasteiger partial charge in [-0.3, -0.25) is 4.79 Å². The largest absolute Gasteiger partial charge is 0.481 e. The molecule has 0 bridgehead atoms. The molecule has 76 valence electrons. The molecule has 3 N–H and O–H groups in total. The van der Waals surface area contributed by atoms with E-state index in [9.17, 15) is 9.18 Å². The molecular formula is C9H9ClFNO2. The van der Waals surface area contributed by atoms with E-state index in [1.54, 1.807) is 0 Å². The van der Waals surface area contributed by atoms with E-state index in [4.69, 9.17) is 22.4 Å². The van der Waals surface area contributed by atoms with Crippen molar-refractivity contribution in [1.29, 1.82) is 0 Å². The van der Waals surface area contributed by atoms with E-state index in [-0.39, 0.29) is 17.0 Å². The lowest BCUT2D eigenvalue weighted by Crippen LogP contribution is -2.16. The summed E-state index contributed by atoms with van der Waals surface area (Å²) in [7, 11) is 0. The monoisotopic (exact) mass is 217 g/mol. The molecule has 14 heavy (non-hydrogen) atoms. The van der Waals surface area contributed by atoms with Crippen molar-refractivity contribution in [2.45, 2.75) is 12.5 Å². The number of nitrogens with two attached hydrogens (primary N) is 1. The highest BCUT2D eigenvalue weighted by atomic mass is 35.5. The SMILES string of the molecule is NC(CC(=O)O)c1c(F)cccc1Cl. The second-order valence-electron chi connectivity index (χ2n) is 2.84. The number of benzene rings is 1. The van der Waals surface area contributed by atoms with Gasteiger partial charge >= 0.3 is 5.97 Å². The minimum absolute atomic E-state index is 0.0524. The molecule has 0 aromatic heterocycles. The van der Waals surface area contributed by atoms with Crippen LogP contribution in [0.2, 0.25) is 5.02 Å². The fraction of sp³-hybridized carbons (Fsp3) is 0.222. The minimum Gasteiger partial charge on any atom is -0.481 e. The maximum Gasteiger partial charge on any atom is 0.305 e. The van der Waals surface area contributed by atoms with Gasteiger partial charge < -0.3 is 10.8 Å². The smallest absolute Gasteiger partial charge is 0.305 e. The Kier molecular flexibility index (Phi) is 3.43. The molecule has 5 heteroatoms. The van der Waals surface area contributed by atoms with Crippen LogP contribution >= 0.6 is 11.6 Å². The van der Waals surface area contributed by atoms with Crippen molar-refractivity contribution in [3.05, 3.63) is 34.6 Å².